The third kappa shape index (κ3) is 4.98. The molecule has 1 fully saturated rings. The minimum absolute atomic E-state index is 0.122. The van der Waals surface area contributed by atoms with Crippen molar-refractivity contribution in [2.24, 2.45) is 0 Å². The number of carbonyl (C=O) groups excluding carboxylic acids is 1. The zero-order valence-electron chi connectivity index (χ0n) is 15.6. The second-order valence-corrected chi connectivity index (χ2v) is 6.60. The Morgan fingerprint density at radius 3 is 2.85 bits per heavy atom. The number of methoxy groups -OCH3 is 1. The van der Waals surface area contributed by atoms with E-state index in [0.29, 0.717) is 30.0 Å². The molecule has 1 unspecified atom stereocenters. The lowest BCUT2D eigenvalue weighted by molar-refractivity contribution is 0.0678. The molecule has 5 nitrogen and oxygen atoms in total. The molecule has 0 spiro atoms. The van der Waals surface area contributed by atoms with Crippen molar-refractivity contribution in [1.82, 2.24) is 4.90 Å². The van der Waals surface area contributed by atoms with Crippen molar-refractivity contribution in [1.29, 1.82) is 0 Å². The zero-order chi connectivity index (χ0) is 19.2. The quantitative estimate of drug-likeness (QED) is 0.743. The van der Waals surface area contributed by atoms with Crippen LogP contribution in [0.3, 0.4) is 0 Å². The number of amides is 1. The van der Waals surface area contributed by atoms with E-state index in [1.165, 1.54) is 13.2 Å². The standard InChI is InChI=1S/C21H24FNO4/c1-23(13-15-8-9-20(25-2)19(22)11-15)21(24)16-5-3-6-17(12-16)27-14-18-7-4-10-26-18/h3,5-6,8-9,11-12,18H,4,7,10,13-14H2,1-2H3. The summed E-state index contributed by atoms with van der Waals surface area (Å²) in [6, 6.07) is 11.8. The number of carbonyl (C=O) groups is 1. The highest BCUT2D eigenvalue weighted by molar-refractivity contribution is 5.94. The molecule has 2 aromatic rings. The number of rotatable bonds is 7. The molecule has 1 aliphatic rings. The van der Waals surface area contributed by atoms with Crippen LogP contribution in [0.5, 0.6) is 11.5 Å². The maximum Gasteiger partial charge on any atom is 0.254 e. The summed E-state index contributed by atoms with van der Waals surface area (Å²) in [5.74, 6) is 0.221. The summed E-state index contributed by atoms with van der Waals surface area (Å²) < 4.78 is 30.1. The van der Waals surface area contributed by atoms with E-state index >= 15 is 0 Å². The highest BCUT2D eigenvalue weighted by atomic mass is 19.1. The summed E-state index contributed by atoms with van der Waals surface area (Å²) in [6.45, 7) is 1.56. The second kappa shape index (κ2) is 8.86. The van der Waals surface area contributed by atoms with Crippen molar-refractivity contribution in [2.45, 2.75) is 25.5 Å². The lowest BCUT2D eigenvalue weighted by Gasteiger charge is -2.18. The highest BCUT2D eigenvalue weighted by Gasteiger charge is 2.17. The van der Waals surface area contributed by atoms with Crippen LogP contribution in [0.15, 0.2) is 42.5 Å². The molecule has 1 amide bonds. The SMILES string of the molecule is COc1ccc(CN(C)C(=O)c2cccc(OCC3CCCO3)c2)cc1F. The Hall–Kier alpha value is -2.60. The van der Waals surface area contributed by atoms with Crippen LogP contribution in [0, 0.1) is 5.82 Å². The van der Waals surface area contributed by atoms with E-state index in [1.807, 2.05) is 6.07 Å². The zero-order valence-corrected chi connectivity index (χ0v) is 15.6. The normalized spacial score (nSPS) is 16.2. The monoisotopic (exact) mass is 373 g/mol. The fourth-order valence-corrected chi connectivity index (χ4v) is 3.06. The Kier molecular flexibility index (Phi) is 6.29. The fourth-order valence-electron chi connectivity index (χ4n) is 3.06. The Morgan fingerprint density at radius 2 is 2.15 bits per heavy atom. The molecule has 2 aromatic carbocycles. The predicted octanol–water partition coefficient (Wildman–Crippen LogP) is 3.66. The molecule has 1 aliphatic heterocycles. The van der Waals surface area contributed by atoms with Crippen molar-refractivity contribution in [3.63, 3.8) is 0 Å². The topological polar surface area (TPSA) is 48.0 Å². The number of ether oxygens (including phenoxy) is 3. The van der Waals surface area contributed by atoms with Gasteiger partial charge in [-0.05, 0) is 48.7 Å². The Balaban J connectivity index is 1.62. The third-order valence-corrected chi connectivity index (χ3v) is 4.52. The molecule has 1 atom stereocenters. The molecule has 1 saturated heterocycles. The van der Waals surface area contributed by atoms with Gasteiger partial charge in [0, 0.05) is 25.8 Å². The molecular weight excluding hydrogens is 349 g/mol. The molecule has 3 rings (SSSR count). The van der Waals surface area contributed by atoms with Crippen molar-refractivity contribution in [2.75, 3.05) is 27.4 Å². The molecular formula is C21H24FNO4. The average molecular weight is 373 g/mol. The van der Waals surface area contributed by atoms with Gasteiger partial charge in [-0.25, -0.2) is 4.39 Å². The van der Waals surface area contributed by atoms with E-state index in [2.05, 4.69) is 0 Å². The molecule has 6 heteroatoms. The molecule has 0 aliphatic carbocycles. The smallest absolute Gasteiger partial charge is 0.254 e. The first kappa shape index (κ1) is 19.2. The minimum atomic E-state index is -0.444. The van der Waals surface area contributed by atoms with Crippen molar-refractivity contribution >= 4 is 5.91 Å². The number of hydrogen-bond donors (Lipinski definition) is 0. The van der Waals surface area contributed by atoms with E-state index in [9.17, 15) is 9.18 Å². The first-order valence-corrected chi connectivity index (χ1v) is 8.99. The molecule has 144 valence electrons. The van der Waals surface area contributed by atoms with Gasteiger partial charge in [0.2, 0.25) is 0 Å². The Labute approximate surface area is 158 Å². The van der Waals surface area contributed by atoms with Gasteiger partial charge in [-0.2, -0.15) is 0 Å². The molecule has 0 bridgehead atoms. The predicted molar refractivity (Wildman–Crippen MR) is 99.7 cm³/mol. The van der Waals surface area contributed by atoms with Crippen molar-refractivity contribution in [3.05, 3.63) is 59.4 Å². The van der Waals surface area contributed by atoms with Gasteiger partial charge < -0.3 is 19.1 Å². The number of halogens is 1. The van der Waals surface area contributed by atoms with Gasteiger partial charge in [-0.3, -0.25) is 4.79 Å². The molecule has 0 radical (unpaired) electrons. The maximum atomic E-state index is 13.8. The first-order chi connectivity index (χ1) is 13.1. The van der Waals surface area contributed by atoms with E-state index in [4.69, 9.17) is 14.2 Å². The van der Waals surface area contributed by atoms with Crippen LogP contribution in [0.1, 0.15) is 28.8 Å². The van der Waals surface area contributed by atoms with Gasteiger partial charge in [-0.1, -0.05) is 12.1 Å². The summed E-state index contributed by atoms with van der Waals surface area (Å²) in [5, 5.41) is 0. The molecule has 0 aromatic heterocycles. The fraction of sp³-hybridized carbons (Fsp3) is 0.381. The molecule has 1 heterocycles. The number of hydrogen-bond acceptors (Lipinski definition) is 4. The second-order valence-electron chi connectivity index (χ2n) is 6.60. The van der Waals surface area contributed by atoms with Gasteiger partial charge >= 0.3 is 0 Å². The third-order valence-electron chi connectivity index (χ3n) is 4.52. The van der Waals surface area contributed by atoms with E-state index in [1.54, 1.807) is 42.3 Å². The lowest BCUT2D eigenvalue weighted by atomic mass is 10.1. The van der Waals surface area contributed by atoms with Crippen LogP contribution in [-0.2, 0) is 11.3 Å². The van der Waals surface area contributed by atoms with Crippen LogP contribution in [0.2, 0.25) is 0 Å². The summed E-state index contributed by atoms with van der Waals surface area (Å²) in [5.41, 5.74) is 1.21. The van der Waals surface area contributed by atoms with Gasteiger partial charge in [0.1, 0.15) is 12.4 Å². The van der Waals surface area contributed by atoms with Crippen LogP contribution in [-0.4, -0.2) is 44.3 Å². The summed E-state index contributed by atoms with van der Waals surface area (Å²) in [6.07, 6.45) is 2.18. The Bertz CT molecular complexity index is 790. The van der Waals surface area contributed by atoms with E-state index in [0.717, 1.165) is 19.4 Å². The summed E-state index contributed by atoms with van der Waals surface area (Å²) in [4.78, 5) is 14.2. The van der Waals surface area contributed by atoms with Crippen LogP contribution < -0.4 is 9.47 Å². The van der Waals surface area contributed by atoms with Crippen molar-refractivity contribution < 1.29 is 23.4 Å². The van der Waals surface area contributed by atoms with E-state index in [-0.39, 0.29) is 17.8 Å². The van der Waals surface area contributed by atoms with Gasteiger partial charge in [0.15, 0.2) is 11.6 Å². The van der Waals surface area contributed by atoms with Gasteiger partial charge in [-0.15, -0.1) is 0 Å². The lowest BCUT2D eigenvalue weighted by Crippen LogP contribution is -2.26. The first-order valence-electron chi connectivity index (χ1n) is 8.99. The van der Waals surface area contributed by atoms with Gasteiger partial charge in [0.25, 0.3) is 5.91 Å². The van der Waals surface area contributed by atoms with Crippen LogP contribution in [0.25, 0.3) is 0 Å². The minimum Gasteiger partial charge on any atom is -0.494 e. The maximum absolute atomic E-state index is 13.8. The average Bonchev–Trinajstić information content (AvgIpc) is 3.20. The molecule has 0 N–H and O–H groups in total. The van der Waals surface area contributed by atoms with Crippen molar-refractivity contribution in [3.8, 4) is 11.5 Å². The largest absolute Gasteiger partial charge is 0.494 e. The van der Waals surface area contributed by atoms with Crippen LogP contribution in [0.4, 0.5) is 4.39 Å². The number of benzene rings is 2. The summed E-state index contributed by atoms with van der Waals surface area (Å²) in [7, 11) is 3.10. The van der Waals surface area contributed by atoms with Crippen LogP contribution >= 0.6 is 0 Å². The summed E-state index contributed by atoms with van der Waals surface area (Å²) >= 11 is 0. The van der Waals surface area contributed by atoms with E-state index < -0.39 is 5.82 Å². The molecule has 27 heavy (non-hydrogen) atoms. The molecule has 0 saturated carbocycles. The Morgan fingerprint density at radius 1 is 1.30 bits per heavy atom. The number of nitrogens with zero attached hydrogens (tertiary/aromatic N) is 1. The highest BCUT2D eigenvalue weighted by Crippen LogP contribution is 2.20. The van der Waals surface area contributed by atoms with Gasteiger partial charge in [0.05, 0.1) is 13.2 Å².